The summed E-state index contributed by atoms with van der Waals surface area (Å²) in [6, 6.07) is 0. The Morgan fingerprint density at radius 2 is 2.46 bits per heavy atom. The maximum Gasteiger partial charge on any atom is 0.229 e. The Morgan fingerprint density at radius 3 is 3.08 bits per heavy atom. The average Bonchev–Trinajstić information content (AvgIpc) is 2.67. The minimum absolute atomic E-state index is 0.807. The summed E-state index contributed by atoms with van der Waals surface area (Å²) in [4.78, 5) is 9.82. The van der Waals surface area contributed by atoms with Crippen molar-refractivity contribution in [3.8, 4) is 0 Å². The Labute approximate surface area is 81.7 Å². The van der Waals surface area contributed by atoms with E-state index in [4.69, 9.17) is 4.84 Å². The van der Waals surface area contributed by atoms with E-state index in [0.29, 0.717) is 0 Å². The van der Waals surface area contributed by atoms with Crippen LogP contribution in [0.5, 0.6) is 0 Å². The molecule has 1 aliphatic rings. The van der Waals surface area contributed by atoms with E-state index >= 15 is 0 Å². The maximum atomic E-state index is 5.46. The van der Waals surface area contributed by atoms with Gasteiger partial charge in [0.05, 0.1) is 6.61 Å². The van der Waals surface area contributed by atoms with Gasteiger partial charge in [0.2, 0.25) is 5.13 Å². The molecule has 2 heterocycles. The van der Waals surface area contributed by atoms with Crippen molar-refractivity contribution in [3.63, 3.8) is 0 Å². The molecule has 0 unspecified atom stereocenters. The summed E-state index contributed by atoms with van der Waals surface area (Å²) in [6.07, 6.45) is 3.22. The van der Waals surface area contributed by atoms with Crippen molar-refractivity contribution in [1.29, 1.82) is 0 Å². The van der Waals surface area contributed by atoms with Gasteiger partial charge in [-0.1, -0.05) is 6.92 Å². The smallest absolute Gasteiger partial charge is 0.229 e. The Hall–Kier alpha value is -0.680. The lowest BCUT2D eigenvalue weighted by molar-refractivity contribution is 0.0777. The monoisotopic (exact) mass is 199 g/mol. The molecule has 0 saturated carbocycles. The van der Waals surface area contributed by atoms with Crippen LogP contribution < -0.4 is 5.06 Å². The van der Waals surface area contributed by atoms with Crippen molar-refractivity contribution in [2.24, 2.45) is 0 Å². The zero-order valence-corrected chi connectivity index (χ0v) is 8.51. The second-order valence-corrected chi connectivity index (χ2v) is 3.72. The van der Waals surface area contributed by atoms with Gasteiger partial charge in [0.25, 0.3) is 0 Å². The molecule has 0 N–H and O–H groups in total. The lowest BCUT2D eigenvalue weighted by Gasteiger charge is -2.24. The van der Waals surface area contributed by atoms with Gasteiger partial charge in [0.1, 0.15) is 5.82 Å². The average molecular weight is 199 g/mol. The third-order valence-electron chi connectivity index (χ3n) is 1.99. The first kappa shape index (κ1) is 8.90. The first-order valence-electron chi connectivity index (χ1n) is 4.63. The third kappa shape index (κ3) is 1.97. The summed E-state index contributed by atoms with van der Waals surface area (Å²) in [7, 11) is 0. The number of hydrogen-bond donors (Lipinski definition) is 0. The Balaban J connectivity index is 2.05. The van der Waals surface area contributed by atoms with Gasteiger partial charge in [0.15, 0.2) is 0 Å². The van der Waals surface area contributed by atoms with Crippen LogP contribution in [-0.2, 0) is 11.3 Å². The molecule has 0 radical (unpaired) electrons. The molecule has 1 aromatic heterocycles. The van der Waals surface area contributed by atoms with E-state index in [1.165, 1.54) is 18.0 Å². The van der Waals surface area contributed by atoms with Crippen LogP contribution >= 0.6 is 11.5 Å². The molecule has 1 fully saturated rings. The zero-order chi connectivity index (χ0) is 9.10. The van der Waals surface area contributed by atoms with Crippen LogP contribution in [0, 0.1) is 0 Å². The van der Waals surface area contributed by atoms with Gasteiger partial charge in [0, 0.05) is 24.5 Å². The molecule has 13 heavy (non-hydrogen) atoms. The van der Waals surface area contributed by atoms with E-state index in [1.807, 2.05) is 5.06 Å². The SMILES string of the molecule is CCc1nsc(N2CCCCO2)n1. The molecule has 5 heteroatoms. The van der Waals surface area contributed by atoms with Crippen molar-refractivity contribution in [3.05, 3.63) is 5.82 Å². The van der Waals surface area contributed by atoms with Crippen LogP contribution in [0.3, 0.4) is 0 Å². The molecular weight excluding hydrogens is 186 g/mol. The molecule has 0 aromatic carbocycles. The van der Waals surface area contributed by atoms with E-state index in [2.05, 4.69) is 16.3 Å². The van der Waals surface area contributed by atoms with Crippen LogP contribution in [0.15, 0.2) is 0 Å². The quantitative estimate of drug-likeness (QED) is 0.725. The summed E-state index contributed by atoms with van der Waals surface area (Å²) in [5.41, 5.74) is 0. The predicted octanol–water partition coefficient (Wildman–Crippen LogP) is 1.63. The molecule has 2 rings (SSSR count). The Kier molecular flexibility index (Phi) is 2.75. The zero-order valence-electron chi connectivity index (χ0n) is 7.69. The van der Waals surface area contributed by atoms with Crippen molar-refractivity contribution >= 4 is 16.7 Å². The molecule has 0 bridgehead atoms. The van der Waals surface area contributed by atoms with Gasteiger partial charge in [-0.15, -0.1) is 0 Å². The van der Waals surface area contributed by atoms with Gasteiger partial charge < -0.3 is 0 Å². The Morgan fingerprint density at radius 1 is 1.54 bits per heavy atom. The number of aryl methyl sites for hydroxylation is 1. The Bertz CT molecular complexity index is 270. The molecule has 4 nitrogen and oxygen atoms in total. The van der Waals surface area contributed by atoms with Crippen LogP contribution in [0.2, 0.25) is 0 Å². The predicted molar refractivity (Wildman–Crippen MR) is 51.8 cm³/mol. The fourth-order valence-electron chi connectivity index (χ4n) is 1.24. The van der Waals surface area contributed by atoms with Gasteiger partial charge in [-0.25, -0.2) is 10.0 Å². The fourth-order valence-corrected chi connectivity index (χ4v) is 1.98. The van der Waals surface area contributed by atoms with Crippen molar-refractivity contribution in [1.82, 2.24) is 9.36 Å². The van der Waals surface area contributed by atoms with E-state index in [0.717, 1.165) is 36.9 Å². The first-order valence-corrected chi connectivity index (χ1v) is 5.40. The highest BCUT2D eigenvalue weighted by Gasteiger charge is 2.15. The van der Waals surface area contributed by atoms with E-state index in [1.54, 1.807) is 0 Å². The molecular formula is C8H13N3OS. The number of aromatic nitrogens is 2. The van der Waals surface area contributed by atoms with E-state index in [9.17, 15) is 0 Å². The second-order valence-electron chi connectivity index (χ2n) is 2.99. The van der Waals surface area contributed by atoms with Crippen molar-refractivity contribution < 1.29 is 4.84 Å². The minimum atomic E-state index is 0.807. The molecule has 0 amide bonds. The van der Waals surface area contributed by atoms with Gasteiger partial charge >= 0.3 is 0 Å². The summed E-state index contributed by atoms with van der Waals surface area (Å²) in [5, 5.41) is 2.76. The van der Waals surface area contributed by atoms with Crippen LogP contribution in [0.25, 0.3) is 0 Å². The lowest BCUT2D eigenvalue weighted by Crippen LogP contribution is -2.29. The molecule has 72 valence electrons. The van der Waals surface area contributed by atoms with Gasteiger partial charge in [-0.3, -0.25) is 4.84 Å². The highest BCUT2D eigenvalue weighted by molar-refractivity contribution is 7.09. The molecule has 1 aliphatic heterocycles. The standard InChI is InChI=1S/C8H13N3OS/c1-2-7-9-8(13-10-7)11-5-3-4-6-12-11/h2-6H2,1H3. The summed E-state index contributed by atoms with van der Waals surface area (Å²) in [5.74, 6) is 0.911. The maximum absolute atomic E-state index is 5.46. The summed E-state index contributed by atoms with van der Waals surface area (Å²) in [6.45, 7) is 3.81. The molecule has 0 spiro atoms. The fraction of sp³-hybridized carbons (Fsp3) is 0.750. The van der Waals surface area contributed by atoms with Crippen LogP contribution in [0.1, 0.15) is 25.6 Å². The number of anilines is 1. The lowest BCUT2D eigenvalue weighted by atomic mass is 10.3. The molecule has 1 saturated heterocycles. The van der Waals surface area contributed by atoms with Gasteiger partial charge in [-0.2, -0.15) is 4.37 Å². The number of hydroxylamine groups is 1. The van der Waals surface area contributed by atoms with Crippen LogP contribution in [-0.4, -0.2) is 22.5 Å². The number of rotatable bonds is 2. The summed E-state index contributed by atoms with van der Waals surface area (Å²) < 4.78 is 4.22. The van der Waals surface area contributed by atoms with Crippen molar-refractivity contribution in [2.75, 3.05) is 18.2 Å². The van der Waals surface area contributed by atoms with Crippen LogP contribution in [0.4, 0.5) is 5.13 Å². The van der Waals surface area contributed by atoms with E-state index < -0.39 is 0 Å². The molecule has 0 atom stereocenters. The normalized spacial score (nSPS) is 17.8. The summed E-state index contributed by atoms with van der Waals surface area (Å²) >= 11 is 1.42. The molecule has 1 aromatic rings. The molecule has 0 aliphatic carbocycles. The van der Waals surface area contributed by atoms with Gasteiger partial charge in [-0.05, 0) is 12.8 Å². The highest BCUT2D eigenvalue weighted by atomic mass is 32.1. The second kappa shape index (κ2) is 4.02. The third-order valence-corrected chi connectivity index (χ3v) is 2.75. The first-order chi connectivity index (χ1) is 6.40. The highest BCUT2D eigenvalue weighted by Crippen LogP contribution is 2.20. The topological polar surface area (TPSA) is 38.2 Å². The number of hydrogen-bond acceptors (Lipinski definition) is 5. The van der Waals surface area contributed by atoms with E-state index in [-0.39, 0.29) is 0 Å². The van der Waals surface area contributed by atoms with Crippen molar-refractivity contribution in [2.45, 2.75) is 26.2 Å². The number of nitrogens with zero attached hydrogens (tertiary/aromatic N) is 3. The largest absolute Gasteiger partial charge is 0.271 e. The minimum Gasteiger partial charge on any atom is -0.271 e.